The van der Waals surface area contributed by atoms with Crippen LogP contribution in [0, 0.1) is 5.41 Å². The van der Waals surface area contributed by atoms with Crippen LogP contribution in [0.15, 0.2) is 5.38 Å². The number of aromatic nitrogens is 1. The maximum absolute atomic E-state index is 11.8. The molecule has 0 unspecified atom stereocenters. The van der Waals surface area contributed by atoms with Gasteiger partial charge in [0.2, 0.25) is 5.91 Å². The van der Waals surface area contributed by atoms with Crippen molar-refractivity contribution in [1.29, 1.82) is 0 Å². The number of thiazole rings is 1. The van der Waals surface area contributed by atoms with Crippen LogP contribution >= 0.6 is 11.3 Å². The van der Waals surface area contributed by atoms with Gasteiger partial charge in [0.1, 0.15) is 0 Å². The fraction of sp³-hybridized carbons (Fsp3) is 0.778. The highest BCUT2D eigenvalue weighted by molar-refractivity contribution is 7.14. The molecular weight excluding hydrogens is 322 g/mol. The zero-order valence-corrected chi connectivity index (χ0v) is 15.4. The molecule has 0 bridgehead atoms. The second-order valence-corrected chi connectivity index (χ2v) is 8.28. The Bertz CT molecular complexity index is 609. The highest BCUT2D eigenvalue weighted by Gasteiger charge is 2.58. The topological polar surface area (TPSA) is 54.5 Å². The molecule has 1 aromatic rings. The van der Waals surface area contributed by atoms with E-state index in [-0.39, 0.29) is 5.91 Å². The number of ether oxygens (including phenoxy) is 1. The molecule has 132 valence electrons. The van der Waals surface area contributed by atoms with Crippen molar-refractivity contribution in [3.8, 4) is 0 Å². The quantitative estimate of drug-likeness (QED) is 0.822. The summed E-state index contributed by atoms with van der Waals surface area (Å²) in [6, 6.07) is 0.937. The summed E-state index contributed by atoms with van der Waals surface area (Å²) in [6.45, 7) is 5.33. The van der Waals surface area contributed by atoms with E-state index in [1.807, 2.05) is 4.90 Å². The molecule has 3 saturated carbocycles. The van der Waals surface area contributed by atoms with Gasteiger partial charge in [0.25, 0.3) is 0 Å². The summed E-state index contributed by atoms with van der Waals surface area (Å²) in [7, 11) is 0. The van der Waals surface area contributed by atoms with Gasteiger partial charge in [0.05, 0.1) is 11.8 Å². The summed E-state index contributed by atoms with van der Waals surface area (Å²) in [4.78, 5) is 18.4. The maximum atomic E-state index is 11.8. The number of carbonyl (C=O) groups is 1. The lowest BCUT2D eigenvalue weighted by atomic mass is 9.51. The third-order valence-corrected chi connectivity index (χ3v) is 6.85. The normalized spacial score (nSPS) is 27.6. The van der Waals surface area contributed by atoms with Gasteiger partial charge in [0.15, 0.2) is 5.13 Å². The van der Waals surface area contributed by atoms with Gasteiger partial charge in [-0.3, -0.25) is 9.69 Å². The van der Waals surface area contributed by atoms with E-state index in [9.17, 15) is 4.79 Å². The zero-order chi connectivity index (χ0) is 16.7. The minimum absolute atomic E-state index is 0.110. The van der Waals surface area contributed by atoms with E-state index < -0.39 is 0 Å². The third-order valence-electron chi connectivity index (χ3n) is 5.96. The third kappa shape index (κ3) is 2.78. The van der Waals surface area contributed by atoms with Crippen molar-refractivity contribution in [1.82, 2.24) is 10.3 Å². The SMILES string of the molecule is CCO[C@H]1C[C@H](NCc2csc(N(C(C)=O)C3CC3)n2)C12CCC2. The number of nitrogens with one attached hydrogen (secondary N) is 1. The van der Waals surface area contributed by atoms with Crippen LogP contribution in [0.4, 0.5) is 5.13 Å². The first-order chi connectivity index (χ1) is 11.6. The van der Waals surface area contributed by atoms with E-state index in [1.165, 1.54) is 19.3 Å². The molecule has 6 heteroatoms. The van der Waals surface area contributed by atoms with Crippen molar-refractivity contribution < 1.29 is 9.53 Å². The molecule has 2 atom stereocenters. The van der Waals surface area contributed by atoms with Crippen molar-refractivity contribution in [2.45, 2.75) is 77.1 Å². The van der Waals surface area contributed by atoms with Crippen LogP contribution < -0.4 is 10.2 Å². The molecule has 1 spiro atoms. The molecule has 0 saturated heterocycles. The number of nitrogens with zero attached hydrogens (tertiary/aromatic N) is 2. The molecule has 5 nitrogen and oxygen atoms in total. The van der Waals surface area contributed by atoms with E-state index in [4.69, 9.17) is 9.72 Å². The smallest absolute Gasteiger partial charge is 0.225 e. The van der Waals surface area contributed by atoms with Crippen molar-refractivity contribution in [3.63, 3.8) is 0 Å². The summed E-state index contributed by atoms with van der Waals surface area (Å²) in [5, 5.41) is 6.66. The first kappa shape index (κ1) is 16.5. The summed E-state index contributed by atoms with van der Waals surface area (Å²) in [5.41, 5.74) is 1.44. The van der Waals surface area contributed by atoms with Gasteiger partial charge >= 0.3 is 0 Å². The van der Waals surface area contributed by atoms with Gasteiger partial charge < -0.3 is 10.1 Å². The van der Waals surface area contributed by atoms with E-state index in [2.05, 4.69) is 17.6 Å². The molecule has 3 fully saturated rings. The van der Waals surface area contributed by atoms with Gasteiger partial charge in [-0.15, -0.1) is 11.3 Å². The predicted octanol–water partition coefficient (Wildman–Crippen LogP) is 3.10. The summed E-state index contributed by atoms with van der Waals surface area (Å²) in [5.74, 6) is 0.110. The van der Waals surface area contributed by atoms with Crippen LogP contribution in [-0.4, -0.2) is 35.7 Å². The second-order valence-electron chi connectivity index (χ2n) is 7.44. The molecule has 1 amide bonds. The first-order valence-electron chi connectivity index (χ1n) is 9.23. The van der Waals surface area contributed by atoms with E-state index in [1.54, 1.807) is 18.3 Å². The largest absolute Gasteiger partial charge is 0.378 e. The highest BCUT2D eigenvalue weighted by Crippen LogP contribution is 2.57. The molecule has 1 aromatic heterocycles. The summed E-state index contributed by atoms with van der Waals surface area (Å²) >= 11 is 1.59. The zero-order valence-electron chi connectivity index (χ0n) is 14.6. The molecular formula is C18H27N3O2S. The van der Waals surface area contributed by atoms with Crippen LogP contribution in [0.25, 0.3) is 0 Å². The molecule has 24 heavy (non-hydrogen) atoms. The lowest BCUT2D eigenvalue weighted by Gasteiger charge is -2.61. The fourth-order valence-corrected chi connectivity index (χ4v) is 5.26. The van der Waals surface area contributed by atoms with Gasteiger partial charge in [-0.05, 0) is 39.0 Å². The molecule has 0 aromatic carbocycles. The maximum Gasteiger partial charge on any atom is 0.225 e. The second kappa shape index (κ2) is 6.39. The van der Waals surface area contributed by atoms with Crippen molar-refractivity contribution in [2.75, 3.05) is 11.5 Å². The minimum Gasteiger partial charge on any atom is -0.378 e. The molecule has 0 aliphatic heterocycles. The Morgan fingerprint density at radius 1 is 1.50 bits per heavy atom. The minimum atomic E-state index is 0.110. The number of anilines is 1. The van der Waals surface area contributed by atoms with Crippen LogP contribution in [0.5, 0.6) is 0 Å². The predicted molar refractivity (Wildman–Crippen MR) is 95.2 cm³/mol. The van der Waals surface area contributed by atoms with E-state index in [0.29, 0.717) is 23.6 Å². The molecule has 1 heterocycles. The van der Waals surface area contributed by atoms with Gasteiger partial charge in [-0.2, -0.15) is 0 Å². The number of carbonyl (C=O) groups excluding carboxylic acids is 1. The average molecular weight is 350 g/mol. The Labute approximate surface area is 147 Å². The summed E-state index contributed by atoms with van der Waals surface area (Å²) in [6.07, 6.45) is 7.69. The Morgan fingerprint density at radius 2 is 2.29 bits per heavy atom. The number of rotatable bonds is 7. The standard InChI is InChI=1S/C18H27N3O2S/c1-3-23-16-9-15(18(16)7-4-8-18)19-10-13-11-24-17(20-13)21(12(2)22)14-5-6-14/h11,14-16,19H,3-10H2,1-2H3/t15-,16-/m0/s1. The Balaban J connectivity index is 1.35. The molecule has 0 radical (unpaired) electrons. The lowest BCUT2D eigenvalue weighted by Crippen LogP contribution is -2.66. The monoisotopic (exact) mass is 349 g/mol. The van der Waals surface area contributed by atoms with Crippen molar-refractivity contribution >= 4 is 22.4 Å². The number of hydrogen-bond donors (Lipinski definition) is 1. The number of amides is 1. The van der Waals surface area contributed by atoms with E-state index >= 15 is 0 Å². The van der Waals surface area contributed by atoms with Crippen LogP contribution in [-0.2, 0) is 16.1 Å². The number of hydrogen-bond acceptors (Lipinski definition) is 5. The summed E-state index contributed by atoms with van der Waals surface area (Å²) < 4.78 is 5.92. The highest BCUT2D eigenvalue weighted by atomic mass is 32.1. The molecule has 3 aliphatic carbocycles. The fourth-order valence-electron chi connectivity index (χ4n) is 4.32. The van der Waals surface area contributed by atoms with Gasteiger partial charge in [-0.25, -0.2) is 4.98 Å². The van der Waals surface area contributed by atoms with Crippen LogP contribution in [0.3, 0.4) is 0 Å². The molecule has 1 N–H and O–H groups in total. The van der Waals surface area contributed by atoms with Crippen molar-refractivity contribution in [3.05, 3.63) is 11.1 Å². The Hall–Kier alpha value is -0.980. The van der Waals surface area contributed by atoms with Crippen LogP contribution in [0.2, 0.25) is 0 Å². The van der Waals surface area contributed by atoms with E-state index in [0.717, 1.165) is 43.2 Å². The van der Waals surface area contributed by atoms with Crippen molar-refractivity contribution in [2.24, 2.45) is 5.41 Å². The average Bonchev–Trinajstić information content (AvgIpc) is 3.19. The molecule has 4 rings (SSSR count). The first-order valence-corrected chi connectivity index (χ1v) is 10.1. The van der Waals surface area contributed by atoms with Crippen LogP contribution in [0.1, 0.15) is 58.1 Å². The lowest BCUT2D eigenvalue weighted by molar-refractivity contribution is -0.173. The Kier molecular flexibility index (Phi) is 4.39. The van der Waals surface area contributed by atoms with Gasteiger partial charge in [-0.1, -0.05) is 6.42 Å². The van der Waals surface area contributed by atoms with Gasteiger partial charge in [0, 0.05) is 43.0 Å². The molecule has 3 aliphatic rings. The Morgan fingerprint density at radius 3 is 2.88 bits per heavy atom.